The molecule has 4 N–H and O–H groups in total. The second-order valence-electron chi connectivity index (χ2n) is 4.73. The number of aromatic nitrogens is 2. The standard InChI is InChI=1S/C15H20N4O/c1-10-13(14(16)19-15(17)18-10)5-3-4-11-6-8-12(20-2)9-7-11/h6-9H,3-5H2,1-2H3,(H4,16,17,18,19). The zero-order valence-electron chi connectivity index (χ0n) is 11.9. The molecule has 1 aromatic carbocycles. The van der Waals surface area contributed by atoms with Gasteiger partial charge in [-0.25, -0.2) is 4.98 Å². The fraction of sp³-hybridized carbons (Fsp3) is 0.333. The summed E-state index contributed by atoms with van der Waals surface area (Å²) >= 11 is 0. The fourth-order valence-electron chi connectivity index (χ4n) is 2.21. The molecule has 0 amide bonds. The molecule has 0 radical (unpaired) electrons. The zero-order chi connectivity index (χ0) is 14.5. The summed E-state index contributed by atoms with van der Waals surface area (Å²) in [5.41, 5.74) is 14.6. The van der Waals surface area contributed by atoms with Crippen LogP contribution in [0.5, 0.6) is 5.75 Å². The molecule has 1 heterocycles. The summed E-state index contributed by atoms with van der Waals surface area (Å²) in [7, 11) is 1.67. The number of ether oxygens (including phenoxy) is 1. The third-order valence-electron chi connectivity index (χ3n) is 3.31. The van der Waals surface area contributed by atoms with Gasteiger partial charge in [0.15, 0.2) is 0 Å². The third-order valence-corrected chi connectivity index (χ3v) is 3.31. The van der Waals surface area contributed by atoms with Crippen LogP contribution in [-0.4, -0.2) is 17.1 Å². The highest BCUT2D eigenvalue weighted by molar-refractivity contribution is 5.45. The molecule has 0 aliphatic rings. The first-order valence-corrected chi connectivity index (χ1v) is 6.61. The van der Waals surface area contributed by atoms with Crippen LogP contribution < -0.4 is 16.2 Å². The minimum absolute atomic E-state index is 0.235. The average Bonchev–Trinajstić information content (AvgIpc) is 2.42. The Morgan fingerprint density at radius 1 is 1.05 bits per heavy atom. The van der Waals surface area contributed by atoms with Gasteiger partial charge in [-0.3, -0.25) is 0 Å². The second-order valence-corrected chi connectivity index (χ2v) is 4.73. The summed E-state index contributed by atoms with van der Waals surface area (Å²) in [5, 5.41) is 0. The molecule has 0 fully saturated rings. The van der Waals surface area contributed by atoms with Gasteiger partial charge in [0.05, 0.1) is 7.11 Å². The van der Waals surface area contributed by atoms with Crippen molar-refractivity contribution in [2.24, 2.45) is 0 Å². The highest BCUT2D eigenvalue weighted by Crippen LogP contribution is 2.18. The van der Waals surface area contributed by atoms with Gasteiger partial charge in [-0.05, 0) is 43.9 Å². The van der Waals surface area contributed by atoms with E-state index in [0.29, 0.717) is 5.82 Å². The summed E-state index contributed by atoms with van der Waals surface area (Å²) in [5.74, 6) is 1.60. The third kappa shape index (κ3) is 3.38. The van der Waals surface area contributed by atoms with Gasteiger partial charge < -0.3 is 16.2 Å². The monoisotopic (exact) mass is 272 g/mol. The van der Waals surface area contributed by atoms with E-state index in [1.165, 1.54) is 5.56 Å². The van der Waals surface area contributed by atoms with Crippen LogP contribution in [0.15, 0.2) is 24.3 Å². The second kappa shape index (κ2) is 6.23. The SMILES string of the molecule is COc1ccc(CCCc2c(C)nc(N)nc2N)cc1. The maximum Gasteiger partial charge on any atom is 0.222 e. The van der Waals surface area contributed by atoms with Crippen LogP contribution in [-0.2, 0) is 12.8 Å². The first kappa shape index (κ1) is 14.1. The van der Waals surface area contributed by atoms with Crippen molar-refractivity contribution >= 4 is 11.8 Å². The Kier molecular flexibility index (Phi) is 4.40. The molecule has 0 atom stereocenters. The van der Waals surface area contributed by atoms with E-state index in [2.05, 4.69) is 22.1 Å². The van der Waals surface area contributed by atoms with E-state index in [1.54, 1.807) is 7.11 Å². The van der Waals surface area contributed by atoms with Crippen LogP contribution in [0, 0.1) is 6.92 Å². The van der Waals surface area contributed by atoms with Crippen LogP contribution in [0.2, 0.25) is 0 Å². The first-order valence-electron chi connectivity index (χ1n) is 6.61. The quantitative estimate of drug-likeness (QED) is 0.870. The van der Waals surface area contributed by atoms with Gasteiger partial charge in [0.25, 0.3) is 0 Å². The lowest BCUT2D eigenvalue weighted by Gasteiger charge is -2.09. The molecule has 2 aromatic rings. The Labute approximate surface area is 119 Å². The fourth-order valence-corrected chi connectivity index (χ4v) is 2.21. The van der Waals surface area contributed by atoms with Crippen LogP contribution in [0.25, 0.3) is 0 Å². The maximum atomic E-state index is 5.89. The topological polar surface area (TPSA) is 87.0 Å². The molecule has 0 aliphatic carbocycles. The number of nitrogens with two attached hydrogens (primary N) is 2. The molecule has 0 aliphatic heterocycles. The summed E-state index contributed by atoms with van der Waals surface area (Å²) in [6.07, 6.45) is 2.82. The van der Waals surface area contributed by atoms with Crippen molar-refractivity contribution in [3.05, 3.63) is 41.1 Å². The van der Waals surface area contributed by atoms with Gasteiger partial charge in [0, 0.05) is 11.3 Å². The number of benzene rings is 1. The summed E-state index contributed by atoms with van der Waals surface area (Å²) < 4.78 is 5.14. The highest BCUT2D eigenvalue weighted by Gasteiger charge is 2.07. The molecule has 106 valence electrons. The van der Waals surface area contributed by atoms with Crippen LogP contribution >= 0.6 is 0 Å². The molecule has 5 heteroatoms. The molecule has 20 heavy (non-hydrogen) atoms. The lowest BCUT2D eigenvalue weighted by atomic mass is 10.0. The Morgan fingerprint density at radius 2 is 1.75 bits per heavy atom. The van der Waals surface area contributed by atoms with E-state index in [-0.39, 0.29) is 5.95 Å². The van der Waals surface area contributed by atoms with E-state index in [4.69, 9.17) is 16.2 Å². The molecular formula is C15H20N4O. The number of anilines is 2. The molecule has 0 bridgehead atoms. The lowest BCUT2D eigenvalue weighted by Crippen LogP contribution is -2.07. The van der Waals surface area contributed by atoms with Gasteiger partial charge in [-0.1, -0.05) is 12.1 Å². The largest absolute Gasteiger partial charge is 0.497 e. The van der Waals surface area contributed by atoms with Crippen molar-refractivity contribution < 1.29 is 4.74 Å². The molecule has 0 saturated heterocycles. The Bertz CT molecular complexity index is 558. The molecule has 2 rings (SSSR count). The maximum absolute atomic E-state index is 5.89. The first-order chi connectivity index (χ1) is 9.60. The van der Waals surface area contributed by atoms with Gasteiger partial charge in [0.1, 0.15) is 11.6 Å². The number of nitrogens with zero attached hydrogens (tertiary/aromatic N) is 2. The van der Waals surface area contributed by atoms with Crippen LogP contribution in [0.4, 0.5) is 11.8 Å². The Balaban J connectivity index is 1.95. The van der Waals surface area contributed by atoms with E-state index in [1.807, 2.05) is 19.1 Å². The number of rotatable bonds is 5. The van der Waals surface area contributed by atoms with E-state index >= 15 is 0 Å². The van der Waals surface area contributed by atoms with Crippen molar-refractivity contribution in [3.63, 3.8) is 0 Å². The van der Waals surface area contributed by atoms with Crippen LogP contribution in [0.3, 0.4) is 0 Å². The highest BCUT2D eigenvalue weighted by atomic mass is 16.5. The van der Waals surface area contributed by atoms with Crippen molar-refractivity contribution in [2.45, 2.75) is 26.2 Å². The molecule has 0 saturated carbocycles. The van der Waals surface area contributed by atoms with Gasteiger partial charge in [-0.15, -0.1) is 0 Å². The van der Waals surface area contributed by atoms with Crippen molar-refractivity contribution in [1.29, 1.82) is 0 Å². The van der Waals surface area contributed by atoms with E-state index in [0.717, 1.165) is 36.3 Å². The number of methoxy groups -OCH3 is 1. The predicted octanol–water partition coefficient (Wildman–Crippen LogP) is 2.13. The molecule has 0 spiro atoms. The summed E-state index contributed by atoms with van der Waals surface area (Å²) in [6.45, 7) is 1.91. The minimum atomic E-state index is 0.235. The molecule has 5 nitrogen and oxygen atoms in total. The number of hydrogen-bond donors (Lipinski definition) is 2. The molecular weight excluding hydrogens is 252 g/mol. The number of nitrogen functional groups attached to an aromatic ring is 2. The zero-order valence-corrected chi connectivity index (χ0v) is 11.9. The van der Waals surface area contributed by atoms with E-state index < -0.39 is 0 Å². The summed E-state index contributed by atoms with van der Waals surface area (Å²) in [6, 6.07) is 8.10. The van der Waals surface area contributed by atoms with Gasteiger partial charge in [0.2, 0.25) is 5.95 Å². The smallest absolute Gasteiger partial charge is 0.222 e. The van der Waals surface area contributed by atoms with Crippen LogP contribution in [0.1, 0.15) is 23.2 Å². The van der Waals surface area contributed by atoms with Crippen molar-refractivity contribution in [2.75, 3.05) is 18.6 Å². The number of aryl methyl sites for hydroxylation is 2. The minimum Gasteiger partial charge on any atom is -0.497 e. The molecule has 0 unspecified atom stereocenters. The molecule has 1 aromatic heterocycles. The van der Waals surface area contributed by atoms with Gasteiger partial charge >= 0.3 is 0 Å². The average molecular weight is 272 g/mol. The summed E-state index contributed by atoms with van der Waals surface area (Å²) in [4.78, 5) is 8.16. The number of hydrogen-bond acceptors (Lipinski definition) is 5. The van der Waals surface area contributed by atoms with Crippen molar-refractivity contribution in [3.8, 4) is 5.75 Å². The predicted molar refractivity (Wildman–Crippen MR) is 80.6 cm³/mol. The van der Waals surface area contributed by atoms with Gasteiger partial charge in [-0.2, -0.15) is 4.98 Å². The Hall–Kier alpha value is -2.30. The lowest BCUT2D eigenvalue weighted by molar-refractivity contribution is 0.414. The normalized spacial score (nSPS) is 10.5. The van der Waals surface area contributed by atoms with Crippen molar-refractivity contribution in [1.82, 2.24) is 9.97 Å². The van der Waals surface area contributed by atoms with E-state index in [9.17, 15) is 0 Å². The Morgan fingerprint density at radius 3 is 2.35 bits per heavy atom.